The molecule has 166 valence electrons. The Morgan fingerprint density at radius 3 is 2.57 bits per heavy atom. The van der Waals surface area contributed by atoms with Gasteiger partial charge < -0.3 is 9.84 Å². The molecule has 1 N–H and O–H groups in total. The Labute approximate surface area is 176 Å². The Balaban J connectivity index is 1.66. The number of alkyl halides is 3. The van der Waals surface area contributed by atoms with Gasteiger partial charge in [0.2, 0.25) is 11.7 Å². The summed E-state index contributed by atoms with van der Waals surface area (Å²) in [6.07, 6.45) is 5.63. The number of unbranched alkanes of at least 4 members (excludes halogenated alkanes) is 6. The van der Waals surface area contributed by atoms with Gasteiger partial charge in [0.05, 0.1) is 11.5 Å². The number of piperidine rings is 1. The second-order valence-electron chi connectivity index (χ2n) is 8.24. The molecule has 0 amide bonds. The van der Waals surface area contributed by atoms with Gasteiger partial charge in [0.15, 0.2) is 0 Å². The van der Waals surface area contributed by atoms with Crippen molar-refractivity contribution in [3.05, 3.63) is 35.2 Å². The first kappa shape index (κ1) is 22.8. The zero-order chi connectivity index (χ0) is 21.4. The van der Waals surface area contributed by atoms with Crippen LogP contribution in [0.2, 0.25) is 0 Å². The van der Waals surface area contributed by atoms with Crippen molar-refractivity contribution in [2.24, 2.45) is 0 Å². The molecule has 0 spiro atoms. The van der Waals surface area contributed by atoms with Gasteiger partial charge in [0.25, 0.3) is 0 Å². The van der Waals surface area contributed by atoms with Crippen LogP contribution in [0.1, 0.15) is 87.6 Å². The number of aryl methyl sites for hydroxylation is 1. The molecule has 0 bridgehead atoms. The summed E-state index contributed by atoms with van der Waals surface area (Å²) in [5.74, 6) is 0.847. The predicted molar refractivity (Wildman–Crippen MR) is 111 cm³/mol. The zero-order valence-corrected chi connectivity index (χ0v) is 17.7. The van der Waals surface area contributed by atoms with Crippen LogP contribution in [0.3, 0.4) is 0 Å². The first-order valence-corrected chi connectivity index (χ1v) is 11.2. The summed E-state index contributed by atoms with van der Waals surface area (Å²) in [5, 5.41) is 7.22. The quantitative estimate of drug-likeness (QED) is 0.442. The van der Waals surface area contributed by atoms with E-state index in [0.29, 0.717) is 23.4 Å². The number of halogens is 3. The van der Waals surface area contributed by atoms with Crippen molar-refractivity contribution in [1.82, 2.24) is 15.5 Å². The van der Waals surface area contributed by atoms with E-state index in [0.717, 1.165) is 51.6 Å². The van der Waals surface area contributed by atoms with E-state index in [1.807, 2.05) is 0 Å². The van der Waals surface area contributed by atoms with Gasteiger partial charge in [-0.3, -0.25) is 0 Å². The molecule has 1 atom stereocenters. The smallest absolute Gasteiger partial charge is 0.339 e. The maximum Gasteiger partial charge on any atom is 0.416 e. The number of rotatable bonds is 10. The van der Waals surface area contributed by atoms with Gasteiger partial charge in [-0.05, 0) is 43.9 Å². The second-order valence-corrected chi connectivity index (χ2v) is 8.24. The van der Waals surface area contributed by atoms with Crippen LogP contribution in [0.4, 0.5) is 13.2 Å². The molecule has 1 aliphatic heterocycles. The SMILES string of the molecule is CCCCCCCCCc1ccc(-c2noc(C3CCCNC3)n2)cc1C(F)(F)F. The molecule has 0 aliphatic carbocycles. The molecular weight excluding hydrogens is 391 g/mol. The van der Waals surface area contributed by atoms with Crippen molar-refractivity contribution >= 4 is 0 Å². The summed E-state index contributed by atoms with van der Waals surface area (Å²) >= 11 is 0. The summed E-state index contributed by atoms with van der Waals surface area (Å²) in [7, 11) is 0. The lowest BCUT2D eigenvalue weighted by atomic mass is 9.97. The van der Waals surface area contributed by atoms with Gasteiger partial charge in [0, 0.05) is 12.1 Å². The lowest BCUT2D eigenvalue weighted by Crippen LogP contribution is -2.28. The van der Waals surface area contributed by atoms with Crippen molar-refractivity contribution in [3.63, 3.8) is 0 Å². The number of benzene rings is 1. The second kappa shape index (κ2) is 10.9. The Bertz CT molecular complexity index is 782. The number of hydrogen-bond donors (Lipinski definition) is 1. The van der Waals surface area contributed by atoms with Gasteiger partial charge in [0.1, 0.15) is 0 Å². The summed E-state index contributed by atoms with van der Waals surface area (Å²) < 4.78 is 46.4. The minimum Gasteiger partial charge on any atom is -0.339 e. The van der Waals surface area contributed by atoms with Crippen molar-refractivity contribution in [3.8, 4) is 11.4 Å². The molecule has 1 aliphatic rings. The normalized spacial score (nSPS) is 17.4. The highest BCUT2D eigenvalue weighted by molar-refractivity contribution is 5.57. The highest BCUT2D eigenvalue weighted by atomic mass is 19.4. The van der Waals surface area contributed by atoms with Crippen LogP contribution in [-0.4, -0.2) is 23.2 Å². The van der Waals surface area contributed by atoms with Crippen LogP contribution in [0.15, 0.2) is 22.7 Å². The monoisotopic (exact) mass is 423 g/mol. The van der Waals surface area contributed by atoms with Crippen LogP contribution < -0.4 is 5.32 Å². The van der Waals surface area contributed by atoms with Crippen molar-refractivity contribution in [2.45, 2.75) is 83.2 Å². The molecule has 1 aromatic carbocycles. The zero-order valence-electron chi connectivity index (χ0n) is 17.7. The summed E-state index contributed by atoms with van der Waals surface area (Å²) in [6.45, 7) is 3.89. The molecule has 3 rings (SSSR count). The summed E-state index contributed by atoms with van der Waals surface area (Å²) in [4.78, 5) is 4.38. The van der Waals surface area contributed by atoms with Crippen molar-refractivity contribution in [1.29, 1.82) is 0 Å². The molecular formula is C23H32F3N3O. The van der Waals surface area contributed by atoms with E-state index in [2.05, 4.69) is 22.4 Å². The molecule has 0 saturated carbocycles. The summed E-state index contributed by atoms with van der Waals surface area (Å²) in [6, 6.07) is 4.43. The fraction of sp³-hybridized carbons (Fsp3) is 0.652. The van der Waals surface area contributed by atoms with Crippen LogP contribution in [0.25, 0.3) is 11.4 Å². The minimum atomic E-state index is -4.40. The van der Waals surface area contributed by atoms with Gasteiger partial charge in [-0.2, -0.15) is 18.2 Å². The van der Waals surface area contributed by atoms with Crippen LogP contribution in [0, 0.1) is 0 Å². The molecule has 1 fully saturated rings. The number of nitrogens with zero attached hydrogens (tertiary/aromatic N) is 2. The summed E-state index contributed by atoms with van der Waals surface area (Å²) in [5.41, 5.74) is 0.112. The molecule has 2 aromatic rings. The maximum absolute atomic E-state index is 13.7. The van der Waals surface area contributed by atoms with Crippen LogP contribution in [-0.2, 0) is 12.6 Å². The van der Waals surface area contributed by atoms with Crippen molar-refractivity contribution in [2.75, 3.05) is 13.1 Å². The average molecular weight is 424 g/mol. The van der Waals surface area contributed by atoms with E-state index in [9.17, 15) is 13.2 Å². The van der Waals surface area contributed by atoms with Gasteiger partial charge >= 0.3 is 6.18 Å². The maximum atomic E-state index is 13.7. The molecule has 1 unspecified atom stereocenters. The molecule has 2 heterocycles. The van der Waals surface area contributed by atoms with E-state index in [4.69, 9.17) is 4.52 Å². The third-order valence-corrected chi connectivity index (χ3v) is 5.81. The first-order valence-electron chi connectivity index (χ1n) is 11.2. The third-order valence-electron chi connectivity index (χ3n) is 5.81. The Hall–Kier alpha value is -1.89. The predicted octanol–water partition coefficient (Wildman–Crippen LogP) is 6.52. The Morgan fingerprint density at radius 1 is 1.10 bits per heavy atom. The third kappa shape index (κ3) is 6.30. The van der Waals surface area contributed by atoms with E-state index in [1.165, 1.54) is 25.3 Å². The van der Waals surface area contributed by atoms with Gasteiger partial charge in [-0.1, -0.05) is 62.7 Å². The van der Waals surface area contributed by atoms with Gasteiger partial charge in [-0.15, -0.1) is 0 Å². The van der Waals surface area contributed by atoms with Crippen LogP contribution >= 0.6 is 0 Å². The molecule has 7 heteroatoms. The largest absolute Gasteiger partial charge is 0.416 e. The minimum absolute atomic E-state index is 0.124. The fourth-order valence-electron chi connectivity index (χ4n) is 4.05. The number of nitrogens with one attached hydrogen (secondary N) is 1. The Morgan fingerprint density at radius 2 is 1.87 bits per heavy atom. The fourth-order valence-corrected chi connectivity index (χ4v) is 4.05. The van der Waals surface area contributed by atoms with Crippen LogP contribution in [0.5, 0.6) is 0 Å². The number of aromatic nitrogens is 2. The molecule has 30 heavy (non-hydrogen) atoms. The Kier molecular flexibility index (Phi) is 8.31. The standard InChI is InChI=1S/C23H32F3N3O/c1-2-3-4-5-6-7-8-10-17-12-13-18(15-20(17)23(24,25)26)21-28-22(30-29-21)19-11-9-14-27-16-19/h12-13,15,19,27H,2-11,14,16H2,1H3. The lowest BCUT2D eigenvalue weighted by Gasteiger charge is -2.18. The van der Waals surface area contributed by atoms with E-state index < -0.39 is 11.7 Å². The lowest BCUT2D eigenvalue weighted by molar-refractivity contribution is -0.138. The topological polar surface area (TPSA) is 51.0 Å². The van der Waals surface area contributed by atoms with Crippen molar-refractivity contribution < 1.29 is 17.7 Å². The van der Waals surface area contributed by atoms with E-state index in [1.54, 1.807) is 12.1 Å². The highest BCUT2D eigenvalue weighted by Gasteiger charge is 2.34. The molecule has 0 radical (unpaired) electrons. The first-order chi connectivity index (χ1) is 14.5. The van der Waals surface area contributed by atoms with E-state index in [-0.39, 0.29) is 11.7 Å². The average Bonchev–Trinajstić information content (AvgIpc) is 3.23. The number of hydrogen-bond acceptors (Lipinski definition) is 4. The van der Waals surface area contributed by atoms with E-state index >= 15 is 0 Å². The molecule has 1 saturated heterocycles. The highest BCUT2D eigenvalue weighted by Crippen LogP contribution is 2.35. The molecule has 4 nitrogen and oxygen atoms in total. The van der Waals surface area contributed by atoms with Gasteiger partial charge in [-0.25, -0.2) is 0 Å². The molecule has 1 aromatic heterocycles.